The molecule has 0 radical (unpaired) electrons. The molecule has 0 aliphatic rings. The minimum Gasteiger partial charge on any atom is -0.496 e. The van der Waals surface area contributed by atoms with Crippen molar-refractivity contribution in [2.45, 2.75) is 6.54 Å². The van der Waals surface area contributed by atoms with Gasteiger partial charge in [-0.25, -0.2) is 4.39 Å². The lowest BCUT2D eigenvalue weighted by Gasteiger charge is -2.08. The molecule has 0 aliphatic heterocycles. The summed E-state index contributed by atoms with van der Waals surface area (Å²) in [7, 11) is 1.57. The van der Waals surface area contributed by atoms with Crippen LogP contribution in [0, 0.1) is 5.82 Å². The second-order valence-corrected chi connectivity index (χ2v) is 4.65. The number of rotatable bonds is 7. The first-order valence-corrected chi connectivity index (χ1v) is 6.98. The quantitative estimate of drug-likeness (QED) is 0.631. The van der Waals surface area contributed by atoms with Crippen LogP contribution < -0.4 is 10.1 Å². The first kappa shape index (κ1) is 16.5. The molecular weight excluding hydrogens is 299 g/mol. The number of benzene rings is 2. The van der Waals surface area contributed by atoms with Crippen LogP contribution >= 0.6 is 0 Å². The molecule has 0 spiro atoms. The van der Waals surface area contributed by atoms with Crippen LogP contribution in [0.2, 0.25) is 0 Å². The summed E-state index contributed by atoms with van der Waals surface area (Å²) in [5.41, 5.74) is 1.42. The van der Waals surface area contributed by atoms with Gasteiger partial charge in [-0.05, 0) is 23.8 Å². The van der Waals surface area contributed by atoms with E-state index in [1.807, 2.05) is 24.3 Å². The molecule has 2 rings (SSSR count). The minimum atomic E-state index is -0.358. The number of hydrogen-bond acceptors (Lipinski definition) is 4. The Morgan fingerprint density at radius 1 is 1.26 bits per heavy atom. The molecule has 2 aromatic rings. The van der Waals surface area contributed by atoms with E-state index in [1.54, 1.807) is 19.2 Å². The van der Waals surface area contributed by atoms with Crippen LogP contribution in [0.25, 0.3) is 0 Å². The Labute approximate surface area is 133 Å². The average molecular weight is 316 g/mol. The van der Waals surface area contributed by atoms with Gasteiger partial charge in [-0.3, -0.25) is 4.79 Å². The summed E-state index contributed by atoms with van der Waals surface area (Å²) in [6.45, 7) is 0.112. The third-order valence-electron chi connectivity index (χ3n) is 2.99. The van der Waals surface area contributed by atoms with E-state index in [-0.39, 0.29) is 18.3 Å². The van der Waals surface area contributed by atoms with Gasteiger partial charge < -0.3 is 14.9 Å². The summed E-state index contributed by atoms with van der Waals surface area (Å²) in [5.74, 6) is 0.0358. The van der Waals surface area contributed by atoms with Crippen LogP contribution in [0.15, 0.2) is 53.7 Å². The summed E-state index contributed by atoms with van der Waals surface area (Å²) in [6.07, 6.45) is 1.34. The summed E-state index contributed by atoms with van der Waals surface area (Å²) in [6, 6.07) is 13.3. The molecule has 0 atom stereocenters. The van der Waals surface area contributed by atoms with Gasteiger partial charge in [-0.15, -0.1) is 0 Å². The molecule has 0 bridgehead atoms. The third-order valence-corrected chi connectivity index (χ3v) is 2.99. The molecular formula is C17H17FN2O3. The summed E-state index contributed by atoms with van der Waals surface area (Å²) in [4.78, 5) is 16.6. The van der Waals surface area contributed by atoms with Crippen molar-refractivity contribution in [1.29, 1.82) is 0 Å². The number of amides is 1. The summed E-state index contributed by atoms with van der Waals surface area (Å²) < 4.78 is 18.1. The fourth-order valence-electron chi connectivity index (χ4n) is 1.87. The van der Waals surface area contributed by atoms with E-state index < -0.39 is 0 Å². The number of carbonyl (C=O) groups is 1. The number of halogens is 1. The number of para-hydroxylation sites is 1. The number of methoxy groups -OCH3 is 1. The minimum absolute atomic E-state index is 0.221. The Morgan fingerprint density at radius 3 is 2.87 bits per heavy atom. The molecule has 1 amide bonds. The molecule has 2 aromatic carbocycles. The Bertz CT molecular complexity index is 689. The molecule has 120 valence electrons. The van der Waals surface area contributed by atoms with Gasteiger partial charge >= 0.3 is 0 Å². The van der Waals surface area contributed by atoms with E-state index in [0.29, 0.717) is 17.9 Å². The predicted octanol–water partition coefficient (Wildman–Crippen LogP) is 2.50. The summed E-state index contributed by atoms with van der Waals surface area (Å²) >= 11 is 0. The van der Waals surface area contributed by atoms with Crippen molar-refractivity contribution in [2.75, 3.05) is 13.7 Å². The van der Waals surface area contributed by atoms with E-state index in [4.69, 9.17) is 9.57 Å². The highest BCUT2D eigenvalue weighted by molar-refractivity contribution is 5.79. The molecule has 0 saturated heterocycles. The van der Waals surface area contributed by atoms with Gasteiger partial charge in [0.05, 0.1) is 13.3 Å². The second kappa shape index (κ2) is 8.53. The van der Waals surface area contributed by atoms with Gasteiger partial charge in [0.2, 0.25) is 0 Å². The topological polar surface area (TPSA) is 59.9 Å². The molecule has 0 fully saturated rings. The number of nitrogens with one attached hydrogen (secondary N) is 1. The molecule has 23 heavy (non-hydrogen) atoms. The Balaban J connectivity index is 1.75. The maximum Gasteiger partial charge on any atom is 0.261 e. The Morgan fingerprint density at radius 2 is 2.09 bits per heavy atom. The lowest BCUT2D eigenvalue weighted by molar-refractivity contribution is -0.125. The zero-order valence-corrected chi connectivity index (χ0v) is 12.7. The van der Waals surface area contributed by atoms with Crippen LogP contribution in [0.4, 0.5) is 4.39 Å². The fourth-order valence-corrected chi connectivity index (χ4v) is 1.87. The largest absolute Gasteiger partial charge is 0.496 e. The van der Waals surface area contributed by atoms with Crippen molar-refractivity contribution >= 4 is 12.1 Å². The van der Waals surface area contributed by atoms with E-state index in [1.165, 1.54) is 18.3 Å². The highest BCUT2D eigenvalue weighted by Crippen LogP contribution is 2.16. The normalized spacial score (nSPS) is 10.5. The molecule has 0 saturated carbocycles. The van der Waals surface area contributed by atoms with Gasteiger partial charge in [-0.1, -0.05) is 35.5 Å². The Hall–Kier alpha value is -2.89. The zero-order valence-electron chi connectivity index (χ0n) is 12.7. The molecule has 0 aliphatic carbocycles. The first-order chi connectivity index (χ1) is 11.2. The molecule has 0 unspecified atom stereocenters. The zero-order chi connectivity index (χ0) is 16.5. The van der Waals surface area contributed by atoms with E-state index >= 15 is 0 Å². The van der Waals surface area contributed by atoms with E-state index in [0.717, 1.165) is 5.56 Å². The summed E-state index contributed by atoms with van der Waals surface area (Å²) in [5, 5.41) is 6.34. The van der Waals surface area contributed by atoms with Crippen molar-refractivity contribution < 1.29 is 18.8 Å². The van der Waals surface area contributed by atoms with Crippen molar-refractivity contribution in [2.24, 2.45) is 5.16 Å². The van der Waals surface area contributed by atoms with E-state index in [9.17, 15) is 9.18 Å². The monoisotopic (exact) mass is 316 g/mol. The molecule has 6 heteroatoms. The van der Waals surface area contributed by atoms with E-state index in [2.05, 4.69) is 10.5 Å². The van der Waals surface area contributed by atoms with Gasteiger partial charge in [0, 0.05) is 12.1 Å². The van der Waals surface area contributed by atoms with Crippen LogP contribution in [-0.4, -0.2) is 25.8 Å². The number of nitrogens with zero attached hydrogens (tertiary/aromatic N) is 1. The van der Waals surface area contributed by atoms with Crippen molar-refractivity contribution in [3.8, 4) is 5.75 Å². The van der Waals surface area contributed by atoms with Crippen molar-refractivity contribution in [1.82, 2.24) is 5.32 Å². The SMILES string of the molecule is COc1ccccc1CNC(=O)CO/N=C\c1cccc(F)c1. The molecule has 0 aromatic heterocycles. The lowest BCUT2D eigenvalue weighted by Crippen LogP contribution is -2.26. The molecule has 5 nitrogen and oxygen atoms in total. The smallest absolute Gasteiger partial charge is 0.261 e. The highest BCUT2D eigenvalue weighted by Gasteiger charge is 2.05. The standard InChI is InChI=1S/C17H17FN2O3/c1-22-16-8-3-2-6-14(16)11-19-17(21)12-23-20-10-13-5-4-7-15(18)9-13/h2-10H,11-12H2,1H3,(H,19,21)/b20-10-. The second-order valence-electron chi connectivity index (χ2n) is 4.65. The van der Waals surface area contributed by atoms with Gasteiger partial charge in [0.15, 0.2) is 6.61 Å². The third kappa shape index (κ3) is 5.43. The van der Waals surface area contributed by atoms with Crippen LogP contribution in [0.1, 0.15) is 11.1 Å². The van der Waals surface area contributed by atoms with Crippen molar-refractivity contribution in [3.05, 3.63) is 65.5 Å². The van der Waals surface area contributed by atoms with Gasteiger partial charge in [0.1, 0.15) is 11.6 Å². The highest BCUT2D eigenvalue weighted by atomic mass is 19.1. The van der Waals surface area contributed by atoms with Crippen LogP contribution in [-0.2, 0) is 16.2 Å². The maximum atomic E-state index is 13.0. The number of oxime groups is 1. The van der Waals surface area contributed by atoms with Crippen LogP contribution in [0.3, 0.4) is 0 Å². The lowest BCUT2D eigenvalue weighted by atomic mass is 10.2. The number of ether oxygens (including phenoxy) is 1. The molecule has 1 N–H and O–H groups in total. The Kier molecular flexibility index (Phi) is 6.11. The fraction of sp³-hybridized carbons (Fsp3) is 0.176. The maximum absolute atomic E-state index is 13.0. The predicted molar refractivity (Wildman–Crippen MR) is 84.8 cm³/mol. The van der Waals surface area contributed by atoms with Gasteiger partial charge in [-0.2, -0.15) is 0 Å². The van der Waals surface area contributed by atoms with Crippen LogP contribution in [0.5, 0.6) is 5.75 Å². The average Bonchev–Trinajstić information content (AvgIpc) is 2.57. The molecule has 0 heterocycles. The van der Waals surface area contributed by atoms with Gasteiger partial charge in [0.25, 0.3) is 5.91 Å². The first-order valence-electron chi connectivity index (χ1n) is 6.98. The number of carbonyl (C=O) groups excluding carboxylic acids is 1. The van der Waals surface area contributed by atoms with Crippen molar-refractivity contribution in [3.63, 3.8) is 0 Å². The number of hydrogen-bond donors (Lipinski definition) is 1.